The van der Waals surface area contributed by atoms with Gasteiger partial charge in [0.15, 0.2) is 0 Å². The van der Waals surface area contributed by atoms with Gasteiger partial charge < -0.3 is 5.32 Å². The second-order valence-electron chi connectivity index (χ2n) is 2.43. The Balaban J connectivity index is 2.39. The van der Waals surface area contributed by atoms with Gasteiger partial charge in [0.2, 0.25) is 5.91 Å². The Morgan fingerprint density at radius 2 is 2.38 bits per heavy atom. The Hall–Kier alpha value is -1.23. The first-order valence-corrected chi connectivity index (χ1v) is 4.73. The summed E-state index contributed by atoms with van der Waals surface area (Å²) in [6.45, 7) is 4.14. The van der Waals surface area contributed by atoms with E-state index in [2.05, 4.69) is 15.5 Å². The van der Waals surface area contributed by atoms with Crippen LogP contribution in [0.25, 0.3) is 0 Å². The zero-order chi connectivity index (χ0) is 9.68. The molecule has 13 heavy (non-hydrogen) atoms. The fraction of sp³-hybridized carbons (Fsp3) is 0.375. The summed E-state index contributed by atoms with van der Waals surface area (Å²) in [6, 6.07) is 0. The first-order valence-electron chi connectivity index (χ1n) is 3.92. The number of aromatic nitrogens is 2. The predicted molar refractivity (Wildman–Crippen MR) is 51.3 cm³/mol. The van der Waals surface area contributed by atoms with Crippen LogP contribution in [0.4, 0.5) is 0 Å². The molecule has 0 radical (unpaired) electrons. The third-order valence-corrected chi connectivity index (χ3v) is 2.14. The van der Waals surface area contributed by atoms with E-state index >= 15 is 0 Å². The number of amides is 1. The molecule has 5 heteroatoms. The molecular formula is C8H11N3OS. The van der Waals surface area contributed by atoms with Crippen LogP contribution < -0.4 is 5.32 Å². The van der Waals surface area contributed by atoms with Crippen molar-refractivity contribution in [3.05, 3.63) is 22.2 Å². The normalized spacial score (nSPS) is 10.6. The van der Waals surface area contributed by atoms with Crippen molar-refractivity contribution in [1.82, 2.24) is 15.5 Å². The molecule has 0 bridgehead atoms. The first kappa shape index (κ1) is 9.85. The Labute approximate surface area is 80.7 Å². The van der Waals surface area contributed by atoms with Crippen molar-refractivity contribution in [2.75, 3.05) is 0 Å². The third-order valence-electron chi connectivity index (χ3n) is 1.30. The minimum Gasteiger partial charge on any atom is -0.346 e. The molecule has 0 aliphatic carbocycles. The molecule has 1 aromatic heterocycles. The minimum absolute atomic E-state index is 0.102. The van der Waals surface area contributed by atoms with Gasteiger partial charge in [-0.3, -0.25) is 4.79 Å². The number of allylic oxidation sites excluding steroid dienone is 1. The van der Waals surface area contributed by atoms with E-state index in [4.69, 9.17) is 0 Å². The van der Waals surface area contributed by atoms with Gasteiger partial charge in [0.25, 0.3) is 0 Å². The molecule has 1 aromatic rings. The van der Waals surface area contributed by atoms with Crippen LogP contribution in [0.3, 0.4) is 0 Å². The number of carbonyl (C=O) groups excluding carboxylic acids is 1. The lowest BCUT2D eigenvalue weighted by atomic mass is 10.5. The fourth-order valence-electron chi connectivity index (χ4n) is 0.782. The second-order valence-corrected chi connectivity index (χ2v) is 3.70. The van der Waals surface area contributed by atoms with E-state index in [0.717, 1.165) is 10.0 Å². The topological polar surface area (TPSA) is 54.9 Å². The van der Waals surface area contributed by atoms with Crippen LogP contribution in [0.1, 0.15) is 16.9 Å². The largest absolute Gasteiger partial charge is 0.346 e. The van der Waals surface area contributed by atoms with Gasteiger partial charge in [-0.15, -0.1) is 10.2 Å². The molecule has 0 aliphatic heterocycles. The highest BCUT2D eigenvalue weighted by Crippen LogP contribution is 2.06. The maximum atomic E-state index is 11.0. The van der Waals surface area contributed by atoms with Crippen molar-refractivity contribution in [1.29, 1.82) is 0 Å². The van der Waals surface area contributed by atoms with Gasteiger partial charge in [-0.2, -0.15) is 0 Å². The molecule has 0 aliphatic rings. The number of nitrogens with one attached hydrogen (secondary N) is 1. The molecule has 0 atom stereocenters. The number of carbonyl (C=O) groups is 1. The maximum absolute atomic E-state index is 11.0. The highest BCUT2D eigenvalue weighted by molar-refractivity contribution is 7.11. The van der Waals surface area contributed by atoms with Crippen LogP contribution in [0.15, 0.2) is 12.2 Å². The standard InChI is InChI=1S/C8H11N3OS/c1-3-4-7(12)9-5-8-11-10-6(2)13-8/h3-4H,5H2,1-2H3,(H,9,12)/b4-3+. The summed E-state index contributed by atoms with van der Waals surface area (Å²) < 4.78 is 0. The molecule has 0 saturated carbocycles. The number of nitrogens with zero attached hydrogens (tertiary/aromatic N) is 2. The van der Waals surface area contributed by atoms with Gasteiger partial charge in [0.1, 0.15) is 10.0 Å². The molecule has 1 N–H and O–H groups in total. The number of rotatable bonds is 3. The maximum Gasteiger partial charge on any atom is 0.243 e. The summed E-state index contributed by atoms with van der Waals surface area (Å²) >= 11 is 1.49. The summed E-state index contributed by atoms with van der Waals surface area (Å²) in [5, 5.41) is 12.2. The molecule has 4 nitrogen and oxygen atoms in total. The summed E-state index contributed by atoms with van der Waals surface area (Å²) in [5.41, 5.74) is 0. The Kier molecular flexibility index (Phi) is 3.57. The molecule has 0 aromatic carbocycles. The van der Waals surface area contributed by atoms with Crippen molar-refractivity contribution >= 4 is 17.2 Å². The summed E-state index contributed by atoms with van der Waals surface area (Å²) in [4.78, 5) is 11.0. The molecule has 70 valence electrons. The van der Waals surface area contributed by atoms with E-state index in [1.165, 1.54) is 17.4 Å². The van der Waals surface area contributed by atoms with Crippen molar-refractivity contribution in [2.45, 2.75) is 20.4 Å². The first-order chi connectivity index (χ1) is 6.22. The fourth-order valence-corrected chi connectivity index (χ4v) is 1.43. The van der Waals surface area contributed by atoms with Crippen molar-refractivity contribution < 1.29 is 4.79 Å². The molecule has 0 saturated heterocycles. The monoisotopic (exact) mass is 197 g/mol. The molecule has 0 unspecified atom stereocenters. The van der Waals surface area contributed by atoms with Gasteiger partial charge >= 0.3 is 0 Å². The number of aryl methyl sites for hydroxylation is 1. The second kappa shape index (κ2) is 4.71. The van der Waals surface area contributed by atoms with E-state index in [-0.39, 0.29) is 5.91 Å². The van der Waals surface area contributed by atoms with Crippen molar-refractivity contribution in [2.24, 2.45) is 0 Å². The molecule has 0 spiro atoms. The van der Waals surface area contributed by atoms with Crippen LogP contribution in [0, 0.1) is 6.92 Å². The zero-order valence-corrected chi connectivity index (χ0v) is 8.39. The predicted octanol–water partition coefficient (Wildman–Crippen LogP) is 1.04. The quantitative estimate of drug-likeness (QED) is 0.736. The summed E-state index contributed by atoms with van der Waals surface area (Å²) in [6.07, 6.45) is 3.18. The van der Waals surface area contributed by atoms with Crippen molar-refractivity contribution in [3.63, 3.8) is 0 Å². The van der Waals surface area contributed by atoms with E-state index < -0.39 is 0 Å². The smallest absolute Gasteiger partial charge is 0.243 e. The van der Waals surface area contributed by atoms with E-state index in [1.54, 1.807) is 13.0 Å². The molecule has 1 rings (SSSR count). The van der Waals surface area contributed by atoms with E-state index in [0.29, 0.717) is 6.54 Å². The van der Waals surface area contributed by atoms with E-state index in [9.17, 15) is 4.79 Å². The lowest BCUT2D eigenvalue weighted by Crippen LogP contribution is -2.20. The van der Waals surface area contributed by atoms with Crippen LogP contribution in [0.2, 0.25) is 0 Å². The Morgan fingerprint density at radius 1 is 1.62 bits per heavy atom. The molecule has 0 fully saturated rings. The Morgan fingerprint density at radius 3 is 2.92 bits per heavy atom. The third kappa shape index (κ3) is 3.33. The van der Waals surface area contributed by atoms with Crippen LogP contribution in [-0.2, 0) is 11.3 Å². The molecular weight excluding hydrogens is 186 g/mol. The van der Waals surface area contributed by atoms with Crippen LogP contribution >= 0.6 is 11.3 Å². The Bertz CT molecular complexity index is 319. The van der Waals surface area contributed by atoms with E-state index in [1.807, 2.05) is 6.92 Å². The van der Waals surface area contributed by atoms with Gasteiger partial charge in [-0.25, -0.2) is 0 Å². The minimum atomic E-state index is -0.102. The van der Waals surface area contributed by atoms with Gasteiger partial charge in [0.05, 0.1) is 6.54 Å². The highest BCUT2D eigenvalue weighted by atomic mass is 32.1. The summed E-state index contributed by atoms with van der Waals surface area (Å²) in [7, 11) is 0. The number of hydrogen-bond acceptors (Lipinski definition) is 4. The summed E-state index contributed by atoms with van der Waals surface area (Å²) in [5.74, 6) is -0.102. The lowest BCUT2D eigenvalue weighted by molar-refractivity contribution is -0.116. The average Bonchev–Trinajstić information content (AvgIpc) is 2.49. The highest BCUT2D eigenvalue weighted by Gasteiger charge is 2.00. The lowest BCUT2D eigenvalue weighted by Gasteiger charge is -1.95. The van der Waals surface area contributed by atoms with Gasteiger partial charge in [0, 0.05) is 0 Å². The molecule has 1 amide bonds. The number of hydrogen-bond donors (Lipinski definition) is 1. The SMILES string of the molecule is C/C=C/C(=O)NCc1nnc(C)s1. The van der Waals surface area contributed by atoms with Gasteiger partial charge in [-0.1, -0.05) is 17.4 Å². The zero-order valence-electron chi connectivity index (χ0n) is 7.57. The molecule has 1 heterocycles. The van der Waals surface area contributed by atoms with Crippen molar-refractivity contribution in [3.8, 4) is 0 Å². The average molecular weight is 197 g/mol. The van der Waals surface area contributed by atoms with Crippen LogP contribution in [-0.4, -0.2) is 16.1 Å². The van der Waals surface area contributed by atoms with Crippen LogP contribution in [0.5, 0.6) is 0 Å². The van der Waals surface area contributed by atoms with Gasteiger partial charge in [-0.05, 0) is 19.9 Å².